The topological polar surface area (TPSA) is 46.4 Å². The number of nitrogens with one attached hydrogen (secondary N) is 1. The van der Waals surface area contributed by atoms with E-state index in [2.05, 4.69) is 10.3 Å². The van der Waals surface area contributed by atoms with E-state index in [1.54, 1.807) is 12.1 Å². The van der Waals surface area contributed by atoms with Crippen molar-refractivity contribution in [2.45, 2.75) is 6.92 Å². The molecule has 0 saturated heterocycles. The van der Waals surface area contributed by atoms with E-state index < -0.39 is 0 Å². The van der Waals surface area contributed by atoms with Gasteiger partial charge in [0, 0.05) is 22.8 Å². The summed E-state index contributed by atoms with van der Waals surface area (Å²) in [6, 6.07) is 13.6. The number of nitrogens with zero attached hydrogens (tertiary/aromatic N) is 2. The fourth-order valence-corrected chi connectivity index (χ4v) is 3.37. The molecule has 0 radical (unpaired) electrons. The Morgan fingerprint density at radius 2 is 1.84 bits per heavy atom. The van der Waals surface area contributed by atoms with E-state index in [9.17, 15) is 9.18 Å². The summed E-state index contributed by atoms with van der Waals surface area (Å²) in [4.78, 5) is 17.9. The molecule has 2 aromatic heterocycles. The summed E-state index contributed by atoms with van der Waals surface area (Å²) < 4.78 is 15.1. The van der Waals surface area contributed by atoms with Gasteiger partial charge in [-0.25, -0.2) is 9.37 Å². The molecule has 6 heteroatoms. The third kappa shape index (κ3) is 2.92. The first-order valence-corrected chi connectivity index (χ1v) is 8.59. The monoisotopic (exact) mass is 351 g/mol. The van der Waals surface area contributed by atoms with Crippen LogP contribution in [0.25, 0.3) is 16.2 Å². The van der Waals surface area contributed by atoms with Crippen molar-refractivity contribution in [3.8, 4) is 11.3 Å². The van der Waals surface area contributed by atoms with Crippen LogP contribution in [0.4, 0.5) is 10.1 Å². The van der Waals surface area contributed by atoms with Gasteiger partial charge < -0.3 is 5.32 Å². The van der Waals surface area contributed by atoms with Crippen LogP contribution in [0, 0.1) is 12.7 Å². The van der Waals surface area contributed by atoms with Gasteiger partial charge in [0.25, 0.3) is 5.91 Å². The molecular formula is C19H14FN3OS. The maximum atomic E-state index is 13.3. The SMILES string of the molecule is Cc1ccc(NC(=O)c2nc3sccn3c2-c2ccc(F)cc2)cc1. The number of aromatic nitrogens is 2. The Kier molecular flexibility index (Phi) is 3.82. The minimum atomic E-state index is -0.319. The van der Waals surface area contributed by atoms with Gasteiger partial charge in [-0.05, 0) is 43.3 Å². The summed E-state index contributed by atoms with van der Waals surface area (Å²) in [5.74, 6) is -0.612. The van der Waals surface area contributed by atoms with Crippen LogP contribution in [0.2, 0.25) is 0 Å². The van der Waals surface area contributed by atoms with Crippen molar-refractivity contribution in [3.63, 3.8) is 0 Å². The fraction of sp³-hybridized carbons (Fsp3) is 0.0526. The summed E-state index contributed by atoms with van der Waals surface area (Å²) in [7, 11) is 0. The number of amides is 1. The largest absolute Gasteiger partial charge is 0.321 e. The normalized spacial score (nSPS) is 11.0. The van der Waals surface area contributed by atoms with Crippen LogP contribution < -0.4 is 5.32 Å². The lowest BCUT2D eigenvalue weighted by molar-refractivity contribution is 0.102. The molecule has 2 aromatic carbocycles. The predicted octanol–water partition coefficient (Wildman–Crippen LogP) is 4.76. The molecule has 0 aliphatic carbocycles. The first kappa shape index (κ1) is 15.5. The molecule has 4 rings (SSSR count). The number of rotatable bonds is 3. The highest BCUT2D eigenvalue weighted by Crippen LogP contribution is 2.28. The lowest BCUT2D eigenvalue weighted by atomic mass is 10.1. The number of anilines is 1. The van der Waals surface area contributed by atoms with Gasteiger partial charge in [0.05, 0.1) is 5.69 Å². The van der Waals surface area contributed by atoms with Crippen molar-refractivity contribution in [1.29, 1.82) is 0 Å². The number of carbonyl (C=O) groups is 1. The number of aryl methyl sites for hydroxylation is 1. The summed E-state index contributed by atoms with van der Waals surface area (Å²) in [5.41, 5.74) is 3.53. The van der Waals surface area contributed by atoms with E-state index in [1.165, 1.54) is 23.5 Å². The second-order valence-electron chi connectivity index (χ2n) is 5.69. The summed E-state index contributed by atoms with van der Waals surface area (Å²) >= 11 is 1.44. The zero-order valence-electron chi connectivity index (χ0n) is 13.4. The van der Waals surface area contributed by atoms with E-state index in [4.69, 9.17) is 0 Å². The van der Waals surface area contributed by atoms with E-state index >= 15 is 0 Å². The lowest BCUT2D eigenvalue weighted by Crippen LogP contribution is -2.13. The molecule has 1 N–H and O–H groups in total. The van der Waals surface area contributed by atoms with Gasteiger partial charge in [-0.2, -0.15) is 0 Å². The summed E-state index contributed by atoms with van der Waals surface area (Å²) in [5, 5.41) is 4.77. The highest BCUT2D eigenvalue weighted by atomic mass is 32.1. The molecule has 4 aromatic rings. The van der Waals surface area contributed by atoms with E-state index in [-0.39, 0.29) is 11.7 Å². The van der Waals surface area contributed by atoms with Gasteiger partial charge >= 0.3 is 0 Å². The third-order valence-corrected chi connectivity index (χ3v) is 4.66. The molecule has 2 heterocycles. The molecule has 1 amide bonds. The quantitative estimate of drug-likeness (QED) is 0.578. The van der Waals surface area contributed by atoms with Gasteiger partial charge in [0.2, 0.25) is 0 Å². The van der Waals surface area contributed by atoms with Crippen LogP contribution >= 0.6 is 11.3 Å². The van der Waals surface area contributed by atoms with E-state index in [0.29, 0.717) is 22.0 Å². The standard InChI is InChI=1S/C19H14FN3OS/c1-12-2-8-15(9-3-12)21-18(24)16-17(13-4-6-14(20)7-5-13)23-10-11-25-19(23)22-16/h2-11H,1H3,(H,21,24). The minimum Gasteiger partial charge on any atom is -0.321 e. The predicted molar refractivity (Wildman–Crippen MR) is 97.6 cm³/mol. The molecule has 25 heavy (non-hydrogen) atoms. The first-order valence-electron chi connectivity index (χ1n) is 7.71. The van der Waals surface area contributed by atoms with Gasteiger partial charge in [0.1, 0.15) is 5.82 Å². The van der Waals surface area contributed by atoms with Gasteiger partial charge in [0.15, 0.2) is 10.7 Å². The average molecular weight is 351 g/mol. The first-order chi connectivity index (χ1) is 12.1. The number of fused-ring (bicyclic) bond motifs is 1. The molecule has 0 aliphatic rings. The summed E-state index contributed by atoms with van der Waals surface area (Å²) in [6.45, 7) is 1.99. The van der Waals surface area contributed by atoms with Crippen LogP contribution in [0.3, 0.4) is 0 Å². The Morgan fingerprint density at radius 1 is 1.12 bits per heavy atom. The van der Waals surface area contributed by atoms with Gasteiger partial charge in [-0.1, -0.05) is 17.7 Å². The maximum Gasteiger partial charge on any atom is 0.276 e. The molecule has 0 spiro atoms. The second-order valence-corrected chi connectivity index (χ2v) is 6.56. The Hall–Kier alpha value is -2.99. The van der Waals surface area contributed by atoms with Crippen molar-refractivity contribution in [3.05, 3.63) is 77.2 Å². The second kappa shape index (κ2) is 6.14. The highest BCUT2D eigenvalue weighted by Gasteiger charge is 2.21. The Labute approximate surface area is 147 Å². The number of hydrogen-bond donors (Lipinski definition) is 1. The third-order valence-electron chi connectivity index (χ3n) is 3.90. The number of thiazole rings is 1. The minimum absolute atomic E-state index is 0.293. The van der Waals surface area contributed by atoms with Crippen molar-refractivity contribution >= 4 is 27.9 Å². The van der Waals surface area contributed by atoms with E-state index in [0.717, 1.165) is 11.1 Å². The number of benzene rings is 2. The molecule has 0 aliphatic heterocycles. The Morgan fingerprint density at radius 3 is 2.56 bits per heavy atom. The zero-order chi connectivity index (χ0) is 17.4. The van der Waals surface area contributed by atoms with Crippen molar-refractivity contribution in [2.24, 2.45) is 0 Å². The van der Waals surface area contributed by atoms with Crippen molar-refractivity contribution < 1.29 is 9.18 Å². The van der Waals surface area contributed by atoms with Crippen molar-refractivity contribution in [2.75, 3.05) is 5.32 Å². The number of hydrogen-bond acceptors (Lipinski definition) is 3. The molecule has 4 nitrogen and oxygen atoms in total. The van der Waals surface area contributed by atoms with Crippen LogP contribution in [0.1, 0.15) is 16.1 Å². The molecular weight excluding hydrogens is 337 g/mol. The molecule has 124 valence electrons. The maximum absolute atomic E-state index is 13.3. The molecule has 0 fully saturated rings. The number of carbonyl (C=O) groups excluding carboxylic acids is 1. The van der Waals surface area contributed by atoms with Gasteiger partial charge in [-0.15, -0.1) is 11.3 Å². The van der Waals surface area contributed by atoms with Crippen LogP contribution in [0.15, 0.2) is 60.1 Å². The molecule has 0 atom stereocenters. The van der Waals surface area contributed by atoms with Crippen molar-refractivity contribution in [1.82, 2.24) is 9.38 Å². The van der Waals surface area contributed by atoms with Gasteiger partial charge in [-0.3, -0.25) is 9.20 Å². The summed E-state index contributed by atoms with van der Waals surface area (Å²) in [6.07, 6.45) is 1.86. The highest BCUT2D eigenvalue weighted by molar-refractivity contribution is 7.15. The van der Waals surface area contributed by atoms with Crippen LogP contribution in [-0.4, -0.2) is 15.3 Å². The van der Waals surface area contributed by atoms with E-state index in [1.807, 2.05) is 47.2 Å². The lowest BCUT2D eigenvalue weighted by Gasteiger charge is -2.07. The smallest absolute Gasteiger partial charge is 0.276 e. The molecule has 0 saturated carbocycles. The molecule has 0 bridgehead atoms. The van der Waals surface area contributed by atoms with Crippen LogP contribution in [-0.2, 0) is 0 Å². The number of halogens is 1. The average Bonchev–Trinajstić information content (AvgIpc) is 3.19. The zero-order valence-corrected chi connectivity index (χ0v) is 14.2. The Bertz CT molecular complexity index is 1050. The van der Waals surface area contributed by atoms with Crippen LogP contribution in [0.5, 0.6) is 0 Å². The number of imidazole rings is 1. The molecule has 0 unspecified atom stereocenters. The Balaban J connectivity index is 1.77. The fourth-order valence-electron chi connectivity index (χ4n) is 2.65.